The van der Waals surface area contributed by atoms with E-state index in [-0.39, 0.29) is 0 Å². The van der Waals surface area contributed by atoms with Gasteiger partial charge in [0.25, 0.3) is 0 Å². The zero-order chi connectivity index (χ0) is 33.5. The van der Waals surface area contributed by atoms with Crippen LogP contribution in [-0.2, 0) is 0 Å². The fourth-order valence-electron chi connectivity index (χ4n) is 8.53. The first-order valence-corrected chi connectivity index (χ1v) is 17.5. The van der Waals surface area contributed by atoms with Gasteiger partial charge in [-0.1, -0.05) is 127 Å². The predicted molar refractivity (Wildman–Crippen MR) is 215 cm³/mol. The Morgan fingerprint density at radius 1 is 0.235 bits per heavy atom. The summed E-state index contributed by atoms with van der Waals surface area (Å²) in [6.45, 7) is 0. The second-order valence-corrected chi connectivity index (χ2v) is 13.3. The van der Waals surface area contributed by atoms with E-state index in [0.29, 0.717) is 0 Å². The Morgan fingerprint density at radius 3 is 1.16 bits per heavy atom. The molecule has 3 aromatic heterocycles. The van der Waals surface area contributed by atoms with E-state index in [1.807, 2.05) is 0 Å². The van der Waals surface area contributed by atoms with Crippen molar-refractivity contribution in [3.63, 3.8) is 0 Å². The van der Waals surface area contributed by atoms with Gasteiger partial charge in [0.1, 0.15) is 0 Å². The summed E-state index contributed by atoms with van der Waals surface area (Å²) >= 11 is 0. The van der Waals surface area contributed by atoms with Gasteiger partial charge in [0.05, 0.1) is 44.5 Å². The normalized spacial score (nSPS) is 11.9. The minimum atomic E-state index is 1.15. The molecule has 0 atom stereocenters. The predicted octanol–water partition coefficient (Wildman–Crippen LogP) is 12.6. The van der Waals surface area contributed by atoms with Crippen molar-refractivity contribution in [2.75, 3.05) is 0 Å². The van der Waals surface area contributed by atoms with Crippen LogP contribution in [0.15, 0.2) is 188 Å². The van der Waals surface area contributed by atoms with E-state index in [4.69, 9.17) is 0 Å². The molecule has 0 unspecified atom stereocenters. The van der Waals surface area contributed by atoms with Crippen molar-refractivity contribution >= 4 is 65.4 Å². The van der Waals surface area contributed by atoms with Crippen molar-refractivity contribution in [3.05, 3.63) is 188 Å². The number of fused-ring (bicyclic) bond motifs is 9. The minimum absolute atomic E-state index is 1.15. The monoisotopic (exact) mass is 649 g/mol. The lowest BCUT2D eigenvalue weighted by molar-refractivity contribution is 1.17. The lowest BCUT2D eigenvalue weighted by Crippen LogP contribution is -1.98. The number of para-hydroxylation sites is 4. The van der Waals surface area contributed by atoms with Crippen LogP contribution in [0.3, 0.4) is 0 Å². The average molecular weight is 650 g/mol. The molecule has 0 saturated carbocycles. The van der Waals surface area contributed by atoms with E-state index in [0.717, 1.165) is 5.69 Å². The van der Waals surface area contributed by atoms with Crippen molar-refractivity contribution in [3.8, 4) is 28.2 Å². The largest absolute Gasteiger partial charge is 0.309 e. The van der Waals surface area contributed by atoms with Crippen LogP contribution in [-0.4, -0.2) is 13.7 Å². The van der Waals surface area contributed by atoms with Gasteiger partial charge < -0.3 is 13.7 Å². The molecule has 8 aromatic carbocycles. The molecule has 3 heterocycles. The summed E-state index contributed by atoms with van der Waals surface area (Å²) in [5, 5.41) is 7.50. The zero-order valence-electron chi connectivity index (χ0n) is 27.7. The van der Waals surface area contributed by atoms with Crippen LogP contribution in [0.4, 0.5) is 0 Å². The Balaban J connectivity index is 1.21. The van der Waals surface area contributed by atoms with E-state index >= 15 is 0 Å². The quantitative estimate of drug-likeness (QED) is 0.180. The summed E-state index contributed by atoms with van der Waals surface area (Å²) in [7, 11) is 0. The zero-order valence-corrected chi connectivity index (χ0v) is 27.7. The third kappa shape index (κ3) is 4.00. The molecule has 0 radical (unpaired) electrons. The molecule has 3 heteroatoms. The summed E-state index contributed by atoms with van der Waals surface area (Å²) in [6, 6.07) is 68.3. The van der Waals surface area contributed by atoms with Crippen LogP contribution in [0.1, 0.15) is 0 Å². The Hall–Kier alpha value is -6.84. The maximum atomic E-state index is 2.49. The smallest absolute Gasteiger partial charge is 0.0562 e. The summed E-state index contributed by atoms with van der Waals surface area (Å²) in [5.41, 5.74) is 13.1. The fourth-order valence-corrected chi connectivity index (χ4v) is 8.53. The molecule has 0 fully saturated rings. The molecule has 238 valence electrons. The van der Waals surface area contributed by atoms with Gasteiger partial charge in [-0.3, -0.25) is 0 Å². The van der Waals surface area contributed by atoms with Gasteiger partial charge in [0.15, 0.2) is 0 Å². The average Bonchev–Trinajstić information content (AvgIpc) is 3.84. The molecule has 3 nitrogen and oxygen atoms in total. The van der Waals surface area contributed by atoms with Crippen molar-refractivity contribution < 1.29 is 0 Å². The molecule has 11 rings (SSSR count). The van der Waals surface area contributed by atoms with Crippen LogP contribution in [0.25, 0.3) is 93.6 Å². The molecule has 0 spiro atoms. The minimum Gasteiger partial charge on any atom is -0.309 e. The summed E-state index contributed by atoms with van der Waals surface area (Å²) in [5.74, 6) is 0. The SMILES string of the molecule is c1ccc(-c2ccc(-n3c4ccccc4c4c(-n5c6ccccc6c6c(-n7c8ccccc8c8ccccc87)cccc65)cccc43)cc2)cc1. The number of aromatic nitrogens is 3. The summed E-state index contributed by atoms with van der Waals surface area (Å²) < 4.78 is 7.36. The van der Waals surface area contributed by atoms with E-state index in [1.54, 1.807) is 0 Å². The molecule has 0 amide bonds. The maximum Gasteiger partial charge on any atom is 0.0562 e. The lowest BCUT2D eigenvalue weighted by atomic mass is 10.1. The number of rotatable bonds is 4. The molecule has 0 bridgehead atoms. The van der Waals surface area contributed by atoms with Crippen LogP contribution < -0.4 is 0 Å². The van der Waals surface area contributed by atoms with Crippen LogP contribution in [0.2, 0.25) is 0 Å². The molecule has 0 aliphatic carbocycles. The highest BCUT2D eigenvalue weighted by Gasteiger charge is 2.22. The van der Waals surface area contributed by atoms with E-state index in [2.05, 4.69) is 202 Å². The van der Waals surface area contributed by atoms with E-state index < -0.39 is 0 Å². The number of benzene rings is 8. The molecule has 0 saturated heterocycles. The Morgan fingerprint density at radius 2 is 0.608 bits per heavy atom. The molecule has 0 N–H and O–H groups in total. The molecule has 11 aromatic rings. The third-order valence-electron chi connectivity index (χ3n) is 10.6. The maximum absolute atomic E-state index is 2.49. The van der Waals surface area contributed by atoms with Gasteiger partial charge >= 0.3 is 0 Å². The standard InChI is InChI=1S/C48H31N3/c1-2-14-32(15-3-1)33-28-30-34(31-29-33)49-41-22-10-6-18-37(41)47-43(49)24-12-26-45(47)51-42-23-11-7-19-38(42)48-44(25-13-27-46(48)51)50-39-20-8-4-16-35(39)36-17-5-9-21-40(36)50/h1-31H. The van der Waals surface area contributed by atoms with Gasteiger partial charge in [-0.2, -0.15) is 0 Å². The van der Waals surface area contributed by atoms with Crippen molar-refractivity contribution in [2.24, 2.45) is 0 Å². The van der Waals surface area contributed by atoms with Crippen LogP contribution >= 0.6 is 0 Å². The Kier molecular flexibility index (Phi) is 5.96. The van der Waals surface area contributed by atoms with Gasteiger partial charge in [0.2, 0.25) is 0 Å². The third-order valence-corrected chi connectivity index (χ3v) is 10.6. The molecular weight excluding hydrogens is 619 g/mol. The first kappa shape index (κ1) is 28.0. The van der Waals surface area contributed by atoms with Crippen LogP contribution in [0.5, 0.6) is 0 Å². The highest BCUT2D eigenvalue weighted by atomic mass is 15.0. The highest BCUT2D eigenvalue weighted by molar-refractivity contribution is 6.19. The molecule has 0 aliphatic heterocycles. The number of hydrogen-bond acceptors (Lipinski definition) is 0. The first-order chi connectivity index (χ1) is 25.3. The summed E-state index contributed by atoms with van der Waals surface area (Å²) in [6.07, 6.45) is 0. The Bertz CT molecular complexity index is 3070. The van der Waals surface area contributed by atoms with Crippen LogP contribution in [0, 0.1) is 0 Å². The van der Waals surface area contributed by atoms with E-state index in [1.165, 1.54) is 87.9 Å². The van der Waals surface area contributed by atoms with Gasteiger partial charge in [0, 0.05) is 38.0 Å². The highest BCUT2D eigenvalue weighted by Crippen LogP contribution is 2.43. The number of hydrogen-bond donors (Lipinski definition) is 0. The van der Waals surface area contributed by atoms with Gasteiger partial charge in [-0.25, -0.2) is 0 Å². The fraction of sp³-hybridized carbons (Fsp3) is 0. The summed E-state index contributed by atoms with van der Waals surface area (Å²) in [4.78, 5) is 0. The second kappa shape index (κ2) is 10.8. The Labute approximate surface area is 294 Å². The lowest BCUT2D eigenvalue weighted by Gasteiger charge is -2.13. The molecular formula is C48H31N3. The topological polar surface area (TPSA) is 14.8 Å². The van der Waals surface area contributed by atoms with Gasteiger partial charge in [-0.05, 0) is 71.8 Å². The van der Waals surface area contributed by atoms with Crippen molar-refractivity contribution in [2.45, 2.75) is 0 Å². The molecule has 51 heavy (non-hydrogen) atoms. The second-order valence-electron chi connectivity index (χ2n) is 13.3. The molecule has 0 aliphatic rings. The number of nitrogens with zero attached hydrogens (tertiary/aromatic N) is 3. The van der Waals surface area contributed by atoms with Crippen molar-refractivity contribution in [1.29, 1.82) is 0 Å². The van der Waals surface area contributed by atoms with Crippen molar-refractivity contribution in [1.82, 2.24) is 13.7 Å². The van der Waals surface area contributed by atoms with E-state index in [9.17, 15) is 0 Å². The first-order valence-electron chi connectivity index (χ1n) is 17.5. The van der Waals surface area contributed by atoms with Gasteiger partial charge in [-0.15, -0.1) is 0 Å².